The smallest absolute Gasteiger partial charge is 0.229 e. The normalized spacial score (nSPS) is 10.4. The Bertz CT molecular complexity index is 1010. The van der Waals surface area contributed by atoms with Gasteiger partial charge in [0.1, 0.15) is 17.6 Å². The first kappa shape index (κ1) is 19.2. The zero-order valence-corrected chi connectivity index (χ0v) is 16.3. The number of hydrogen-bond acceptors (Lipinski definition) is 3. The summed E-state index contributed by atoms with van der Waals surface area (Å²) in [6, 6.07) is 19.6. The third-order valence-electron chi connectivity index (χ3n) is 4.91. The van der Waals surface area contributed by atoms with E-state index in [0.717, 1.165) is 28.1 Å². The fourth-order valence-corrected chi connectivity index (χ4v) is 3.20. The predicted molar refractivity (Wildman–Crippen MR) is 109 cm³/mol. The number of aromatic nitrogens is 1. The maximum absolute atomic E-state index is 12.7. The van der Waals surface area contributed by atoms with Crippen LogP contribution >= 0.6 is 0 Å². The minimum atomic E-state index is -0.159. The molecular formula is C23H23N3O2. The molecule has 3 rings (SSSR count). The zero-order chi connectivity index (χ0) is 20.1. The highest BCUT2D eigenvalue weighted by Crippen LogP contribution is 2.27. The van der Waals surface area contributed by atoms with E-state index >= 15 is 0 Å². The predicted octanol–water partition coefficient (Wildman–Crippen LogP) is 4.21. The molecule has 1 amide bonds. The van der Waals surface area contributed by atoms with E-state index in [4.69, 9.17) is 4.74 Å². The van der Waals surface area contributed by atoms with E-state index < -0.39 is 0 Å². The molecule has 0 bridgehead atoms. The van der Waals surface area contributed by atoms with Crippen LogP contribution in [-0.2, 0) is 17.8 Å². The van der Waals surface area contributed by atoms with Gasteiger partial charge < -0.3 is 14.6 Å². The summed E-state index contributed by atoms with van der Waals surface area (Å²) in [5.41, 5.74) is 4.36. The maximum atomic E-state index is 12.7. The molecule has 0 aliphatic heterocycles. The van der Waals surface area contributed by atoms with Gasteiger partial charge in [-0.15, -0.1) is 0 Å². The fourth-order valence-electron chi connectivity index (χ4n) is 3.20. The number of carbonyl (C=O) groups excluding carboxylic acids is 1. The van der Waals surface area contributed by atoms with Crippen molar-refractivity contribution >= 4 is 11.7 Å². The van der Waals surface area contributed by atoms with Gasteiger partial charge in [0.05, 0.1) is 19.1 Å². The Labute approximate surface area is 165 Å². The van der Waals surface area contributed by atoms with Crippen molar-refractivity contribution in [3.63, 3.8) is 0 Å². The molecular weight excluding hydrogens is 350 g/mol. The number of amides is 1. The monoisotopic (exact) mass is 373 g/mol. The summed E-state index contributed by atoms with van der Waals surface area (Å²) in [4.78, 5) is 12.7. The van der Waals surface area contributed by atoms with Crippen molar-refractivity contribution in [2.45, 2.75) is 26.8 Å². The Morgan fingerprint density at radius 1 is 1.07 bits per heavy atom. The third kappa shape index (κ3) is 4.07. The molecule has 5 nitrogen and oxygen atoms in total. The Hall–Kier alpha value is -3.52. The number of hydrogen-bond donors (Lipinski definition) is 1. The zero-order valence-electron chi connectivity index (χ0n) is 16.3. The molecule has 1 N–H and O–H groups in total. The largest absolute Gasteiger partial charge is 0.497 e. The number of methoxy groups -OCH3 is 1. The Morgan fingerprint density at radius 3 is 2.36 bits per heavy atom. The van der Waals surface area contributed by atoms with Gasteiger partial charge in [-0.2, -0.15) is 5.26 Å². The molecule has 0 aliphatic rings. The molecule has 0 saturated carbocycles. The van der Waals surface area contributed by atoms with Gasteiger partial charge in [0.25, 0.3) is 0 Å². The van der Waals surface area contributed by atoms with Gasteiger partial charge in [-0.3, -0.25) is 4.79 Å². The molecule has 1 aromatic heterocycles. The van der Waals surface area contributed by atoms with Gasteiger partial charge in [-0.05, 0) is 42.7 Å². The molecule has 3 aromatic rings. The summed E-state index contributed by atoms with van der Waals surface area (Å²) < 4.78 is 7.14. The summed E-state index contributed by atoms with van der Waals surface area (Å²) in [5.74, 6) is 1.15. The summed E-state index contributed by atoms with van der Waals surface area (Å²) in [6.45, 7) is 4.47. The van der Waals surface area contributed by atoms with E-state index in [2.05, 4.69) is 11.4 Å². The lowest BCUT2D eigenvalue weighted by Crippen LogP contribution is -2.18. The number of nitriles is 1. The van der Waals surface area contributed by atoms with Crippen molar-refractivity contribution in [3.8, 4) is 11.8 Å². The van der Waals surface area contributed by atoms with Crippen molar-refractivity contribution in [1.29, 1.82) is 5.26 Å². The lowest BCUT2D eigenvalue weighted by atomic mass is 10.1. The first-order valence-electron chi connectivity index (χ1n) is 9.10. The number of carbonyl (C=O) groups is 1. The number of benzene rings is 2. The maximum Gasteiger partial charge on any atom is 0.229 e. The molecule has 0 saturated heterocycles. The van der Waals surface area contributed by atoms with Crippen LogP contribution in [0.1, 0.15) is 27.9 Å². The molecule has 0 aliphatic carbocycles. The standard InChI is InChI=1S/C23H23N3O2/c1-16-17(2)26(15-19-7-5-4-6-8-19)23(21(16)14-24)25-22(27)13-18-9-11-20(28-3)12-10-18/h4-12H,13,15H2,1-3H3,(H,25,27). The lowest BCUT2D eigenvalue weighted by molar-refractivity contribution is -0.115. The van der Waals surface area contributed by atoms with Crippen molar-refractivity contribution in [2.24, 2.45) is 0 Å². The summed E-state index contributed by atoms with van der Waals surface area (Å²) in [6.07, 6.45) is 0.226. The molecule has 5 heteroatoms. The quantitative estimate of drug-likeness (QED) is 0.704. The van der Waals surface area contributed by atoms with Gasteiger partial charge in [0, 0.05) is 12.2 Å². The SMILES string of the molecule is COc1ccc(CC(=O)Nc2c(C#N)c(C)c(C)n2Cc2ccccc2)cc1. The minimum absolute atomic E-state index is 0.159. The molecule has 0 fully saturated rings. The van der Waals surface area contributed by atoms with Gasteiger partial charge in [0.2, 0.25) is 5.91 Å². The number of nitrogens with one attached hydrogen (secondary N) is 1. The second-order valence-corrected chi connectivity index (χ2v) is 6.69. The highest BCUT2D eigenvalue weighted by Gasteiger charge is 2.19. The molecule has 142 valence electrons. The second-order valence-electron chi connectivity index (χ2n) is 6.69. The summed E-state index contributed by atoms with van der Waals surface area (Å²) in [7, 11) is 1.61. The van der Waals surface area contributed by atoms with Crippen molar-refractivity contribution in [1.82, 2.24) is 4.57 Å². The van der Waals surface area contributed by atoms with Gasteiger partial charge in [-0.25, -0.2) is 0 Å². The van der Waals surface area contributed by atoms with Crippen LogP contribution in [0, 0.1) is 25.2 Å². The Morgan fingerprint density at radius 2 is 1.75 bits per heavy atom. The van der Waals surface area contributed by atoms with E-state index in [1.165, 1.54) is 0 Å². The average Bonchev–Trinajstić information content (AvgIpc) is 2.93. The van der Waals surface area contributed by atoms with E-state index in [1.807, 2.05) is 73.0 Å². The second kappa shape index (κ2) is 8.45. The molecule has 0 radical (unpaired) electrons. The van der Waals surface area contributed by atoms with E-state index in [-0.39, 0.29) is 12.3 Å². The Kier molecular flexibility index (Phi) is 5.81. The minimum Gasteiger partial charge on any atom is -0.497 e. The molecule has 2 aromatic carbocycles. The van der Waals surface area contributed by atoms with Crippen LogP contribution in [0.3, 0.4) is 0 Å². The highest BCUT2D eigenvalue weighted by molar-refractivity contribution is 5.93. The molecule has 1 heterocycles. The highest BCUT2D eigenvalue weighted by atomic mass is 16.5. The average molecular weight is 373 g/mol. The van der Waals surface area contributed by atoms with Gasteiger partial charge in [-0.1, -0.05) is 42.5 Å². The molecule has 0 unspecified atom stereocenters. The van der Waals surface area contributed by atoms with E-state index in [1.54, 1.807) is 7.11 Å². The number of nitrogens with zero attached hydrogens (tertiary/aromatic N) is 2. The van der Waals surface area contributed by atoms with Gasteiger partial charge >= 0.3 is 0 Å². The first-order valence-corrected chi connectivity index (χ1v) is 9.10. The van der Waals surface area contributed by atoms with Gasteiger partial charge in [0.15, 0.2) is 0 Å². The van der Waals surface area contributed by atoms with Crippen LogP contribution in [0.4, 0.5) is 5.82 Å². The third-order valence-corrected chi connectivity index (χ3v) is 4.91. The van der Waals surface area contributed by atoms with Crippen LogP contribution in [0.25, 0.3) is 0 Å². The molecule has 0 atom stereocenters. The molecule has 0 spiro atoms. The van der Waals surface area contributed by atoms with Crippen molar-refractivity contribution in [3.05, 3.63) is 82.5 Å². The Balaban J connectivity index is 1.86. The van der Waals surface area contributed by atoms with E-state index in [0.29, 0.717) is 17.9 Å². The topological polar surface area (TPSA) is 67.0 Å². The lowest BCUT2D eigenvalue weighted by Gasteiger charge is -2.13. The van der Waals surface area contributed by atoms with Crippen LogP contribution in [0.15, 0.2) is 54.6 Å². The molecule has 28 heavy (non-hydrogen) atoms. The van der Waals surface area contributed by atoms with Crippen LogP contribution < -0.4 is 10.1 Å². The summed E-state index contributed by atoms with van der Waals surface area (Å²) in [5, 5.41) is 12.6. The fraction of sp³-hybridized carbons (Fsp3) is 0.217. The van der Waals surface area contributed by atoms with Crippen LogP contribution in [0.2, 0.25) is 0 Å². The van der Waals surface area contributed by atoms with Crippen molar-refractivity contribution < 1.29 is 9.53 Å². The number of anilines is 1. The van der Waals surface area contributed by atoms with Crippen molar-refractivity contribution in [2.75, 3.05) is 12.4 Å². The van der Waals surface area contributed by atoms with Crippen LogP contribution in [0.5, 0.6) is 5.75 Å². The van der Waals surface area contributed by atoms with E-state index in [9.17, 15) is 10.1 Å². The number of rotatable bonds is 6. The number of ether oxygens (including phenoxy) is 1. The van der Waals surface area contributed by atoms with Crippen LogP contribution in [-0.4, -0.2) is 17.6 Å². The first-order chi connectivity index (χ1) is 13.5. The summed E-state index contributed by atoms with van der Waals surface area (Å²) >= 11 is 0.